The van der Waals surface area contributed by atoms with Crippen LogP contribution in [0.4, 0.5) is 0 Å². The molecular formula is C13H13ClN2O4. The van der Waals surface area contributed by atoms with Crippen LogP contribution in [-0.2, 0) is 9.59 Å². The highest BCUT2D eigenvalue weighted by Gasteiger charge is 2.34. The number of hydrogen-bond acceptors (Lipinski definition) is 4. The standard InChI is InChI=1S/C13H13ClN2O4/c1-7-12(18)15-11(17)6-16(7)13(19)9-4-3-8(14)5-10(9)20-2/h3-5,7H,6H2,1-2H3,(H,15,17,18). The van der Waals surface area contributed by atoms with Crippen LogP contribution in [0.1, 0.15) is 17.3 Å². The van der Waals surface area contributed by atoms with Crippen LogP contribution in [0.5, 0.6) is 5.75 Å². The van der Waals surface area contributed by atoms with Crippen molar-refractivity contribution in [1.82, 2.24) is 10.2 Å². The maximum atomic E-state index is 12.5. The van der Waals surface area contributed by atoms with Gasteiger partial charge in [0.15, 0.2) is 0 Å². The average Bonchev–Trinajstić information content (AvgIpc) is 2.41. The van der Waals surface area contributed by atoms with Gasteiger partial charge in [0.1, 0.15) is 18.3 Å². The van der Waals surface area contributed by atoms with E-state index in [1.807, 2.05) is 0 Å². The molecule has 0 aromatic heterocycles. The van der Waals surface area contributed by atoms with E-state index < -0.39 is 23.8 Å². The van der Waals surface area contributed by atoms with Gasteiger partial charge >= 0.3 is 0 Å². The van der Waals surface area contributed by atoms with Gasteiger partial charge in [-0.25, -0.2) is 0 Å². The normalized spacial score (nSPS) is 18.8. The number of amides is 3. The molecule has 20 heavy (non-hydrogen) atoms. The largest absolute Gasteiger partial charge is 0.496 e. The second-order valence-corrected chi connectivity index (χ2v) is 4.80. The summed E-state index contributed by atoms with van der Waals surface area (Å²) in [6.07, 6.45) is 0. The summed E-state index contributed by atoms with van der Waals surface area (Å²) in [5.41, 5.74) is 0.256. The minimum absolute atomic E-state index is 0.169. The van der Waals surface area contributed by atoms with Crippen LogP contribution in [0.25, 0.3) is 0 Å². The minimum atomic E-state index is -0.722. The van der Waals surface area contributed by atoms with Crippen molar-refractivity contribution >= 4 is 29.3 Å². The van der Waals surface area contributed by atoms with Gasteiger partial charge in [0.2, 0.25) is 11.8 Å². The maximum Gasteiger partial charge on any atom is 0.258 e. The zero-order valence-corrected chi connectivity index (χ0v) is 11.7. The summed E-state index contributed by atoms with van der Waals surface area (Å²) in [4.78, 5) is 36.6. The predicted molar refractivity (Wildman–Crippen MR) is 71.7 cm³/mol. The van der Waals surface area contributed by atoms with Gasteiger partial charge < -0.3 is 9.64 Å². The van der Waals surface area contributed by atoms with Gasteiger partial charge in [-0.1, -0.05) is 11.6 Å². The first kappa shape index (κ1) is 14.3. The lowest BCUT2D eigenvalue weighted by Crippen LogP contribution is -2.58. The smallest absolute Gasteiger partial charge is 0.258 e. The summed E-state index contributed by atoms with van der Waals surface area (Å²) in [5.74, 6) is -1.15. The Kier molecular flexibility index (Phi) is 3.94. The number of imide groups is 1. The number of carbonyl (C=O) groups excluding carboxylic acids is 3. The minimum Gasteiger partial charge on any atom is -0.496 e. The second-order valence-electron chi connectivity index (χ2n) is 4.37. The average molecular weight is 297 g/mol. The number of ether oxygens (including phenoxy) is 1. The van der Waals surface area contributed by atoms with E-state index in [2.05, 4.69) is 5.32 Å². The molecule has 7 heteroatoms. The first-order valence-electron chi connectivity index (χ1n) is 5.92. The molecule has 1 unspecified atom stereocenters. The van der Waals surface area contributed by atoms with Crippen LogP contribution < -0.4 is 10.1 Å². The molecule has 0 saturated carbocycles. The Bertz CT molecular complexity index is 588. The molecule has 2 rings (SSSR count). The van der Waals surface area contributed by atoms with E-state index in [1.165, 1.54) is 24.1 Å². The van der Waals surface area contributed by atoms with E-state index in [0.29, 0.717) is 10.8 Å². The summed E-state index contributed by atoms with van der Waals surface area (Å²) in [6, 6.07) is 3.84. The van der Waals surface area contributed by atoms with Crippen molar-refractivity contribution in [2.24, 2.45) is 0 Å². The molecule has 0 bridgehead atoms. The summed E-state index contributed by atoms with van der Waals surface area (Å²) in [6.45, 7) is 1.39. The quantitative estimate of drug-likeness (QED) is 0.821. The Morgan fingerprint density at radius 1 is 1.45 bits per heavy atom. The van der Waals surface area contributed by atoms with Gasteiger partial charge in [0, 0.05) is 5.02 Å². The van der Waals surface area contributed by atoms with Crippen molar-refractivity contribution in [3.8, 4) is 5.75 Å². The van der Waals surface area contributed by atoms with Crippen molar-refractivity contribution in [1.29, 1.82) is 0 Å². The molecule has 1 heterocycles. The molecule has 1 atom stereocenters. The molecule has 1 aliphatic heterocycles. The van der Waals surface area contributed by atoms with E-state index in [4.69, 9.17) is 16.3 Å². The lowest BCUT2D eigenvalue weighted by Gasteiger charge is -2.32. The fourth-order valence-corrected chi connectivity index (χ4v) is 2.12. The molecule has 6 nitrogen and oxygen atoms in total. The van der Waals surface area contributed by atoms with Crippen LogP contribution in [0.3, 0.4) is 0 Å². The highest BCUT2D eigenvalue weighted by atomic mass is 35.5. The molecule has 1 saturated heterocycles. The van der Waals surface area contributed by atoms with E-state index in [1.54, 1.807) is 13.0 Å². The van der Waals surface area contributed by atoms with E-state index in [-0.39, 0.29) is 12.1 Å². The third-order valence-corrected chi connectivity index (χ3v) is 3.31. The Morgan fingerprint density at radius 3 is 2.80 bits per heavy atom. The Labute approximate surface area is 120 Å². The fourth-order valence-electron chi connectivity index (χ4n) is 1.96. The lowest BCUT2D eigenvalue weighted by molar-refractivity contribution is -0.138. The van der Waals surface area contributed by atoms with Crippen LogP contribution >= 0.6 is 11.6 Å². The van der Waals surface area contributed by atoms with Crippen molar-refractivity contribution in [2.75, 3.05) is 13.7 Å². The number of methoxy groups -OCH3 is 1. The van der Waals surface area contributed by atoms with Crippen LogP contribution in [0.15, 0.2) is 18.2 Å². The van der Waals surface area contributed by atoms with E-state index >= 15 is 0 Å². The summed E-state index contributed by atoms with van der Waals surface area (Å²) < 4.78 is 5.11. The Morgan fingerprint density at radius 2 is 2.15 bits per heavy atom. The van der Waals surface area contributed by atoms with Crippen LogP contribution in [0.2, 0.25) is 5.02 Å². The molecule has 0 spiro atoms. The molecule has 1 fully saturated rings. The van der Waals surface area contributed by atoms with Gasteiger partial charge in [0.05, 0.1) is 12.7 Å². The molecule has 1 N–H and O–H groups in total. The van der Waals surface area contributed by atoms with Gasteiger partial charge in [-0.3, -0.25) is 19.7 Å². The van der Waals surface area contributed by atoms with Crippen molar-refractivity contribution < 1.29 is 19.1 Å². The van der Waals surface area contributed by atoms with E-state index in [0.717, 1.165) is 0 Å². The Balaban J connectivity index is 2.35. The number of carbonyl (C=O) groups is 3. The number of halogens is 1. The Hall–Kier alpha value is -2.08. The highest BCUT2D eigenvalue weighted by Crippen LogP contribution is 2.25. The summed E-state index contributed by atoms with van der Waals surface area (Å²) in [7, 11) is 1.42. The first-order chi connectivity index (χ1) is 9.43. The monoisotopic (exact) mass is 296 g/mol. The van der Waals surface area contributed by atoms with Crippen LogP contribution in [-0.4, -0.2) is 42.3 Å². The number of nitrogens with one attached hydrogen (secondary N) is 1. The summed E-state index contributed by atoms with van der Waals surface area (Å²) >= 11 is 5.84. The van der Waals surface area contributed by atoms with Crippen molar-refractivity contribution in [2.45, 2.75) is 13.0 Å². The maximum absolute atomic E-state index is 12.5. The van der Waals surface area contributed by atoms with Crippen molar-refractivity contribution in [3.05, 3.63) is 28.8 Å². The number of piperazine rings is 1. The van der Waals surface area contributed by atoms with Gasteiger partial charge in [-0.15, -0.1) is 0 Å². The van der Waals surface area contributed by atoms with Gasteiger partial charge in [-0.2, -0.15) is 0 Å². The molecule has 106 valence electrons. The highest BCUT2D eigenvalue weighted by molar-refractivity contribution is 6.30. The molecule has 1 aromatic rings. The number of benzene rings is 1. The molecular weight excluding hydrogens is 284 g/mol. The predicted octanol–water partition coefficient (Wildman–Crippen LogP) is 0.836. The lowest BCUT2D eigenvalue weighted by atomic mass is 10.1. The molecule has 3 amide bonds. The molecule has 0 radical (unpaired) electrons. The third kappa shape index (κ3) is 2.60. The molecule has 0 aliphatic carbocycles. The number of rotatable bonds is 2. The topological polar surface area (TPSA) is 75.7 Å². The third-order valence-electron chi connectivity index (χ3n) is 3.08. The SMILES string of the molecule is COc1cc(Cl)ccc1C(=O)N1CC(=O)NC(=O)C1C. The van der Waals surface area contributed by atoms with Gasteiger partial charge in [0.25, 0.3) is 5.91 Å². The first-order valence-corrected chi connectivity index (χ1v) is 6.30. The van der Waals surface area contributed by atoms with E-state index in [9.17, 15) is 14.4 Å². The zero-order valence-electron chi connectivity index (χ0n) is 11.0. The second kappa shape index (κ2) is 5.50. The molecule has 1 aliphatic rings. The number of hydrogen-bond donors (Lipinski definition) is 1. The fraction of sp³-hybridized carbons (Fsp3) is 0.308. The zero-order chi connectivity index (χ0) is 14.9. The molecule has 1 aromatic carbocycles. The summed E-state index contributed by atoms with van der Waals surface area (Å²) in [5, 5.41) is 2.61. The van der Waals surface area contributed by atoms with Crippen molar-refractivity contribution in [3.63, 3.8) is 0 Å². The number of nitrogens with zero attached hydrogens (tertiary/aromatic N) is 1. The van der Waals surface area contributed by atoms with Crippen LogP contribution in [0, 0.1) is 0 Å². The van der Waals surface area contributed by atoms with Gasteiger partial charge in [-0.05, 0) is 25.1 Å².